The number of hydrogen-bond donors (Lipinski definition) is 2. The molecule has 1 aliphatic carbocycles. The maximum Gasteiger partial charge on any atom is 0.251 e. The molecule has 0 spiro atoms. The van der Waals surface area contributed by atoms with Crippen LogP contribution in [0.4, 0.5) is 4.39 Å². The number of aliphatic hydroxyl groups is 1. The van der Waals surface area contributed by atoms with Crippen molar-refractivity contribution in [3.63, 3.8) is 0 Å². The summed E-state index contributed by atoms with van der Waals surface area (Å²) < 4.78 is 13.8. The maximum absolute atomic E-state index is 13.2. The largest absolute Gasteiger partial charge is 0.388 e. The number of nitrogens with one attached hydrogen (secondary N) is 1. The molecule has 3 nitrogen and oxygen atoms in total. The molecule has 0 aromatic heterocycles. The predicted octanol–water partition coefficient (Wildman–Crippen LogP) is 3.26. The van der Waals surface area contributed by atoms with Gasteiger partial charge in [-0.1, -0.05) is 22.9 Å². The summed E-state index contributed by atoms with van der Waals surface area (Å²) in [7, 11) is 0. The van der Waals surface area contributed by atoms with Gasteiger partial charge in [-0.25, -0.2) is 4.39 Å². The van der Waals surface area contributed by atoms with Gasteiger partial charge in [0.2, 0.25) is 0 Å². The summed E-state index contributed by atoms with van der Waals surface area (Å²) in [6.07, 6.45) is 3.33. The number of rotatable bonds is 3. The first kappa shape index (κ1) is 15.4. The number of carbonyl (C=O) groups excluding carboxylic acids is 1. The highest BCUT2D eigenvalue weighted by Crippen LogP contribution is 2.31. The van der Waals surface area contributed by atoms with Crippen LogP contribution >= 0.6 is 15.9 Å². The summed E-state index contributed by atoms with van der Waals surface area (Å²) >= 11 is 3.16. The maximum atomic E-state index is 13.2. The Labute approximate surface area is 126 Å². The Morgan fingerprint density at radius 1 is 1.45 bits per heavy atom. The van der Waals surface area contributed by atoms with Gasteiger partial charge in [0, 0.05) is 16.6 Å². The molecule has 1 aromatic rings. The quantitative estimate of drug-likeness (QED) is 0.884. The predicted molar refractivity (Wildman–Crippen MR) is 79.0 cm³/mol. The monoisotopic (exact) mass is 343 g/mol. The summed E-state index contributed by atoms with van der Waals surface area (Å²) in [5.41, 5.74) is -0.572. The summed E-state index contributed by atoms with van der Waals surface area (Å²) in [6.45, 7) is 2.38. The van der Waals surface area contributed by atoms with Gasteiger partial charge >= 0.3 is 0 Å². The van der Waals surface area contributed by atoms with E-state index in [-0.39, 0.29) is 18.0 Å². The van der Waals surface area contributed by atoms with E-state index in [1.165, 1.54) is 12.1 Å². The van der Waals surface area contributed by atoms with Gasteiger partial charge in [-0.15, -0.1) is 0 Å². The Hall–Kier alpha value is -0.940. The zero-order valence-corrected chi connectivity index (χ0v) is 13.0. The lowest BCUT2D eigenvalue weighted by Gasteiger charge is -2.34. The van der Waals surface area contributed by atoms with Crippen molar-refractivity contribution in [1.82, 2.24) is 5.32 Å². The molecule has 0 atom stereocenters. The van der Waals surface area contributed by atoms with E-state index in [0.717, 1.165) is 12.8 Å². The van der Waals surface area contributed by atoms with E-state index in [0.29, 0.717) is 23.2 Å². The first-order chi connectivity index (χ1) is 9.38. The van der Waals surface area contributed by atoms with Crippen LogP contribution < -0.4 is 5.32 Å². The minimum atomic E-state index is -0.827. The molecule has 1 fully saturated rings. The van der Waals surface area contributed by atoms with Crippen LogP contribution in [0.5, 0.6) is 0 Å². The summed E-state index contributed by atoms with van der Waals surface area (Å²) in [5.74, 6) is -0.197. The lowest BCUT2D eigenvalue weighted by molar-refractivity contribution is -0.00540. The summed E-state index contributed by atoms with van der Waals surface area (Å²) in [5, 5.41) is 13.1. The second-order valence-electron chi connectivity index (χ2n) is 5.75. The molecule has 2 rings (SSSR count). The van der Waals surface area contributed by atoms with Gasteiger partial charge in [0.05, 0.1) is 5.60 Å². The highest BCUT2D eigenvalue weighted by molar-refractivity contribution is 9.10. The zero-order chi connectivity index (χ0) is 14.8. The molecule has 0 bridgehead atoms. The lowest BCUT2D eigenvalue weighted by atomic mass is 9.79. The average Bonchev–Trinajstić information content (AvgIpc) is 2.39. The molecule has 20 heavy (non-hydrogen) atoms. The Kier molecular flexibility index (Phi) is 4.81. The zero-order valence-electron chi connectivity index (χ0n) is 11.5. The first-order valence-corrected chi connectivity index (χ1v) is 7.64. The molecule has 5 heteroatoms. The molecule has 0 heterocycles. The normalized spacial score (nSPS) is 26.3. The van der Waals surface area contributed by atoms with Gasteiger partial charge in [0.25, 0.3) is 5.91 Å². The smallest absolute Gasteiger partial charge is 0.251 e. The number of halogens is 2. The fourth-order valence-electron chi connectivity index (χ4n) is 2.51. The van der Waals surface area contributed by atoms with Gasteiger partial charge in [-0.3, -0.25) is 4.79 Å². The molecule has 110 valence electrons. The Balaban J connectivity index is 1.95. The van der Waals surface area contributed by atoms with Crippen LogP contribution in [0.3, 0.4) is 0 Å². The topological polar surface area (TPSA) is 49.3 Å². The molecular weight excluding hydrogens is 325 g/mol. The van der Waals surface area contributed by atoms with Crippen molar-refractivity contribution in [3.05, 3.63) is 34.1 Å². The Morgan fingerprint density at radius 2 is 2.10 bits per heavy atom. The van der Waals surface area contributed by atoms with Gasteiger partial charge in [0.1, 0.15) is 5.82 Å². The molecule has 0 unspecified atom stereocenters. The van der Waals surface area contributed by atoms with E-state index in [1.807, 2.05) is 0 Å². The van der Waals surface area contributed by atoms with Crippen molar-refractivity contribution >= 4 is 21.8 Å². The van der Waals surface area contributed by atoms with E-state index in [2.05, 4.69) is 28.2 Å². The van der Waals surface area contributed by atoms with Crippen molar-refractivity contribution in [3.8, 4) is 0 Å². The average molecular weight is 344 g/mol. The van der Waals surface area contributed by atoms with Crippen LogP contribution in [-0.4, -0.2) is 23.2 Å². The molecule has 0 saturated heterocycles. The third-order valence-corrected chi connectivity index (χ3v) is 4.37. The van der Waals surface area contributed by atoms with Gasteiger partial charge < -0.3 is 10.4 Å². The van der Waals surface area contributed by atoms with Crippen molar-refractivity contribution < 1.29 is 14.3 Å². The van der Waals surface area contributed by atoms with Gasteiger partial charge in [-0.05, 0) is 49.8 Å². The Morgan fingerprint density at radius 3 is 2.70 bits per heavy atom. The van der Waals surface area contributed by atoms with Crippen LogP contribution in [-0.2, 0) is 0 Å². The number of carbonyl (C=O) groups is 1. The minimum absolute atomic E-state index is 0.215. The van der Waals surface area contributed by atoms with E-state index in [1.54, 1.807) is 6.07 Å². The second kappa shape index (κ2) is 6.22. The molecular formula is C15H19BrFNO2. The van der Waals surface area contributed by atoms with Crippen molar-refractivity contribution in [2.24, 2.45) is 5.92 Å². The molecule has 0 aliphatic heterocycles. The fourth-order valence-corrected chi connectivity index (χ4v) is 2.97. The number of benzene rings is 1. The molecule has 1 aliphatic rings. The molecule has 1 saturated carbocycles. The van der Waals surface area contributed by atoms with Crippen LogP contribution in [0, 0.1) is 11.7 Å². The van der Waals surface area contributed by atoms with Crippen molar-refractivity contribution in [2.75, 3.05) is 6.54 Å². The first-order valence-electron chi connectivity index (χ1n) is 6.85. The highest BCUT2D eigenvalue weighted by atomic mass is 79.9. The lowest BCUT2D eigenvalue weighted by Crippen LogP contribution is -2.45. The molecule has 1 aromatic carbocycles. The van der Waals surface area contributed by atoms with E-state index >= 15 is 0 Å². The SMILES string of the molecule is CC1CCC(O)(CNC(=O)c2cc(F)cc(Br)c2)CC1. The number of amides is 1. The third-order valence-electron chi connectivity index (χ3n) is 3.91. The van der Waals surface area contributed by atoms with Crippen LogP contribution in [0.2, 0.25) is 0 Å². The van der Waals surface area contributed by atoms with Crippen LogP contribution in [0.25, 0.3) is 0 Å². The van der Waals surface area contributed by atoms with Crippen LogP contribution in [0.1, 0.15) is 43.0 Å². The van der Waals surface area contributed by atoms with Crippen molar-refractivity contribution in [2.45, 2.75) is 38.2 Å². The van der Waals surface area contributed by atoms with Gasteiger partial charge in [0.15, 0.2) is 0 Å². The highest BCUT2D eigenvalue weighted by Gasteiger charge is 2.32. The molecule has 1 amide bonds. The fraction of sp³-hybridized carbons (Fsp3) is 0.533. The third kappa shape index (κ3) is 4.03. The standard InChI is InChI=1S/C15H19BrFNO2/c1-10-2-4-15(20,5-3-10)9-18-14(19)11-6-12(16)8-13(17)7-11/h6-8,10,20H,2-5,9H2,1H3,(H,18,19). The summed E-state index contributed by atoms with van der Waals surface area (Å²) in [6, 6.07) is 4.05. The number of hydrogen-bond acceptors (Lipinski definition) is 2. The van der Waals surface area contributed by atoms with E-state index < -0.39 is 11.4 Å². The second-order valence-corrected chi connectivity index (χ2v) is 6.66. The van der Waals surface area contributed by atoms with E-state index in [4.69, 9.17) is 0 Å². The molecule has 0 radical (unpaired) electrons. The van der Waals surface area contributed by atoms with Crippen molar-refractivity contribution in [1.29, 1.82) is 0 Å². The van der Waals surface area contributed by atoms with Gasteiger partial charge in [-0.2, -0.15) is 0 Å². The van der Waals surface area contributed by atoms with E-state index in [9.17, 15) is 14.3 Å². The summed E-state index contributed by atoms with van der Waals surface area (Å²) in [4.78, 5) is 12.0. The minimum Gasteiger partial charge on any atom is -0.388 e. The van der Waals surface area contributed by atoms with Crippen LogP contribution in [0.15, 0.2) is 22.7 Å². The molecule has 2 N–H and O–H groups in total. The Bertz CT molecular complexity index is 478.